The minimum atomic E-state index is -1.71. The zero-order valence-corrected chi connectivity index (χ0v) is 30.8. The monoisotopic (exact) mass is 721 g/mol. The second-order valence-corrected chi connectivity index (χ2v) is 14.1. The summed E-state index contributed by atoms with van der Waals surface area (Å²) in [6, 6.07) is 7.21. The van der Waals surface area contributed by atoms with Crippen molar-refractivity contribution in [3.8, 4) is 0 Å². The number of azide groups is 1. The standard InChI is InChI=1S/C36H55N3O12/c1-8-9-10-11-12-16-19-26(48-33(44)24-17-14-13-15-18-24)25(38-39-37)20-47-34-31(43)30(42)32(46-23-29(41)51-36(5,6)7)27(49-34)21-45-22-28(40)50-35(2,3)4/h13-19,25-27,30-32,34,42-43H,8-12,20-23H2,1-7H3/b19-16+/t25-,26+,27+,30+,31+,32-,34+/m0/s1. The highest BCUT2D eigenvalue weighted by atomic mass is 16.7. The van der Waals surface area contributed by atoms with E-state index >= 15 is 0 Å². The van der Waals surface area contributed by atoms with Gasteiger partial charge in [-0.1, -0.05) is 55.6 Å². The van der Waals surface area contributed by atoms with Crippen molar-refractivity contribution in [3.63, 3.8) is 0 Å². The Morgan fingerprint density at radius 2 is 1.59 bits per heavy atom. The van der Waals surface area contributed by atoms with Crippen molar-refractivity contribution >= 4 is 17.9 Å². The highest BCUT2D eigenvalue weighted by Gasteiger charge is 2.47. The van der Waals surface area contributed by atoms with Gasteiger partial charge in [-0.3, -0.25) is 0 Å². The molecule has 0 aliphatic carbocycles. The maximum absolute atomic E-state index is 13.0. The average molecular weight is 722 g/mol. The van der Waals surface area contributed by atoms with E-state index in [9.17, 15) is 30.1 Å². The van der Waals surface area contributed by atoms with Crippen LogP contribution < -0.4 is 0 Å². The van der Waals surface area contributed by atoms with Crippen LogP contribution >= 0.6 is 0 Å². The second kappa shape index (κ2) is 21.7. The van der Waals surface area contributed by atoms with E-state index in [-0.39, 0.29) is 6.61 Å². The van der Waals surface area contributed by atoms with Crippen molar-refractivity contribution in [2.75, 3.05) is 26.4 Å². The number of rotatable bonds is 20. The second-order valence-electron chi connectivity index (χ2n) is 14.1. The predicted octanol–water partition coefficient (Wildman–Crippen LogP) is 4.97. The highest BCUT2D eigenvalue weighted by Crippen LogP contribution is 2.26. The van der Waals surface area contributed by atoms with Gasteiger partial charge in [0, 0.05) is 4.91 Å². The molecule has 51 heavy (non-hydrogen) atoms. The van der Waals surface area contributed by atoms with Crippen LogP contribution in [0.25, 0.3) is 10.4 Å². The Balaban J connectivity index is 2.24. The fraction of sp³-hybridized carbons (Fsp3) is 0.694. The van der Waals surface area contributed by atoms with Gasteiger partial charge in [0.15, 0.2) is 6.29 Å². The van der Waals surface area contributed by atoms with Gasteiger partial charge in [0.2, 0.25) is 0 Å². The maximum atomic E-state index is 13.0. The zero-order valence-electron chi connectivity index (χ0n) is 30.8. The molecule has 0 saturated carbocycles. The SMILES string of the molecule is CCCCCC/C=C/[C@@H](OC(=O)c1ccccc1)[C@H](CO[C@@H]1O[C@H](COCC(=O)OC(C)(C)C)[C@H](OCC(=O)OC(C)(C)C)[C@H](O)[C@H]1O)N=[N+]=[N-]. The topological polar surface area (TPSA) is 205 Å². The van der Waals surface area contributed by atoms with Crippen molar-refractivity contribution in [1.29, 1.82) is 0 Å². The van der Waals surface area contributed by atoms with Gasteiger partial charge in [-0.2, -0.15) is 0 Å². The van der Waals surface area contributed by atoms with Crippen LogP contribution in [0.4, 0.5) is 0 Å². The third-order valence-electron chi connectivity index (χ3n) is 7.19. The van der Waals surface area contributed by atoms with Crippen LogP contribution in [0.1, 0.15) is 90.9 Å². The molecule has 2 N–H and O–H groups in total. The van der Waals surface area contributed by atoms with Gasteiger partial charge in [0.05, 0.1) is 18.8 Å². The Bertz CT molecular complexity index is 1290. The normalized spacial score (nSPS) is 22.1. The van der Waals surface area contributed by atoms with Crippen molar-refractivity contribution in [2.24, 2.45) is 5.11 Å². The summed E-state index contributed by atoms with van der Waals surface area (Å²) in [6.45, 7) is 10.5. The van der Waals surface area contributed by atoms with Crippen molar-refractivity contribution in [2.45, 2.75) is 135 Å². The fourth-order valence-electron chi connectivity index (χ4n) is 4.93. The molecule has 0 bridgehead atoms. The van der Waals surface area contributed by atoms with Crippen LogP contribution in [0, 0.1) is 0 Å². The molecule has 1 fully saturated rings. The lowest BCUT2D eigenvalue weighted by atomic mass is 9.99. The number of hydrogen-bond acceptors (Lipinski definition) is 13. The first kappa shape index (κ1) is 43.6. The van der Waals surface area contributed by atoms with E-state index < -0.39 is 91.8 Å². The first-order valence-corrected chi connectivity index (χ1v) is 17.3. The summed E-state index contributed by atoms with van der Waals surface area (Å²) in [7, 11) is 0. The number of allylic oxidation sites excluding steroid dienone is 1. The molecule has 0 spiro atoms. The number of ether oxygens (including phenoxy) is 7. The molecule has 0 aromatic heterocycles. The lowest BCUT2D eigenvalue weighted by molar-refractivity contribution is -0.309. The number of benzene rings is 1. The minimum Gasteiger partial charge on any atom is -0.458 e. The van der Waals surface area contributed by atoms with Crippen molar-refractivity contribution < 1.29 is 57.8 Å². The van der Waals surface area contributed by atoms with Crippen LogP contribution in [-0.4, -0.2) is 109 Å². The van der Waals surface area contributed by atoms with Gasteiger partial charge in [-0.05, 0) is 78.1 Å². The van der Waals surface area contributed by atoms with Gasteiger partial charge < -0.3 is 43.4 Å². The number of aliphatic hydroxyl groups excluding tert-OH is 2. The van der Waals surface area contributed by atoms with E-state index in [2.05, 4.69) is 16.9 Å². The average Bonchev–Trinajstić information content (AvgIpc) is 3.04. The number of esters is 3. The van der Waals surface area contributed by atoms with E-state index in [1.165, 1.54) is 0 Å². The summed E-state index contributed by atoms with van der Waals surface area (Å²) in [4.78, 5) is 40.5. The molecule has 0 radical (unpaired) electrons. The fourth-order valence-corrected chi connectivity index (χ4v) is 4.93. The minimum absolute atomic E-state index is 0.292. The first-order valence-electron chi connectivity index (χ1n) is 17.3. The number of aliphatic hydroxyl groups is 2. The van der Waals surface area contributed by atoms with Gasteiger partial charge in [0.25, 0.3) is 0 Å². The molecule has 286 valence electrons. The van der Waals surface area contributed by atoms with E-state index in [0.717, 1.165) is 25.7 Å². The van der Waals surface area contributed by atoms with E-state index in [1.54, 1.807) is 78.0 Å². The molecule has 1 aliphatic rings. The van der Waals surface area contributed by atoms with Crippen LogP contribution in [0.3, 0.4) is 0 Å². The Morgan fingerprint density at radius 3 is 2.20 bits per heavy atom. The Morgan fingerprint density at radius 1 is 0.941 bits per heavy atom. The molecule has 1 saturated heterocycles. The molecule has 1 aromatic rings. The smallest absolute Gasteiger partial charge is 0.338 e. The largest absolute Gasteiger partial charge is 0.458 e. The molecule has 2 rings (SSSR count). The number of nitrogens with zero attached hydrogens (tertiary/aromatic N) is 3. The summed E-state index contributed by atoms with van der Waals surface area (Å²) >= 11 is 0. The van der Waals surface area contributed by atoms with Crippen molar-refractivity contribution in [3.05, 3.63) is 58.5 Å². The summed E-state index contributed by atoms with van der Waals surface area (Å²) in [5.41, 5.74) is 8.16. The molecule has 0 amide bonds. The molecule has 1 aromatic carbocycles. The molecule has 0 unspecified atom stereocenters. The summed E-state index contributed by atoms with van der Waals surface area (Å²) in [5, 5.41) is 26.0. The summed E-state index contributed by atoms with van der Waals surface area (Å²) in [5.74, 6) is -2.02. The van der Waals surface area contributed by atoms with Crippen LogP contribution in [0.5, 0.6) is 0 Å². The third kappa shape index (κ3) is 17.0. The molecule has 1 aliphatic heterocycles. The maximum Gasteiger partial charge on any atom is 0.338 e. The molecular weight excluding hydrogens is 666 g/mol. The predicted molar refractivity (Wildman–Crippen MR) is 185 cm³/mol. The molecular formula is C36H55N3O12. The number of carbonyl (C=O) groups is 3. The van der Waals surface area contributed by atoms with Gasteiger partial charge in [-0.25, -0.2) is 14.4 Å². The molecule has 15 nitrogen and oxygen atoms in total. The lowest BCUT2D eigenvalue weighted by Gasteiger charge is -2.42. The van der Waals surface area contributed by atoms with Crippen LogP contribution in [-0.2, 0) is 42.7 Å². The van der Waals surface area contributed by atoms with Crippen molar-refractivity contribution in [1.82, 2.24) is 0 Å². The molecule has 1 heterocycles. The lowest BCUT2D eigenvalue weighted by Crippen LogP contribution is -2.61. The highest BCUT2D eigenvalue weighted by molar-refractivity contribution is 5.89. The van der Waals surface area contributed by atoms with Crippen LogP contribution in [0.2, 0.25) is 0 Å². The number of carbonyl (C=O) groups excluding carboxylic acids is 3. The Hall–Kier alpha value is -3.56. The van der Waals surface area contributed by atoms with Gasteiger partial charge in [0.1, 0.15) is 61.0 Å². The quantitative estimate of drug-likeness (QED) is 0.0349. The van der Waals surface area contributed by atoms with E-state index in [0.29, 0.717) is 12.0 Å². The third-order valence-corrected chi connectivity index (χ3v) is 7.19. The zero-order chi connectivity index (χ0) is 38.0. The van der Waals surface area contributed by atoms with E-state index in [1.807, 2.05) is 6.08 Å². The summed E-state index contributed by atoms with van der Waals surface area (Å²) in [6.07, 6.45) is -0.108. The van der Waals surface area contributed by atoms with Gasteiger partial charge >= 0.3 is 17.9 Å². The van der Waals surface area contributed by atoms with Crippen LogP contribution in [0.15, 0.2) is 47.6 Å². The molecule has 15 heteroatoms. The number of hydrogen-bond donors (Lipinski definition) is 2. The Labute approximate surface area is 300 Å². The van der Waals surface area contributed by atoms with Gasteiger partial charge in [-0.15, -0.1) is 0 Å². The van der Waals surface area contributed by atoms with E-state index in [4.69, 9.17) is 33.2 Å². The first-order chi connectivity index (χ1) is 24.0. The summed E-state index contributed by atoms with van der Waals surface area (Å²) < 4.78 is 39.3. The Kier molecular flexibility index (Phi) is 18.6. The molecule has 7 atom stereocenters. The number of unbranched alkanes of at least 4 members (excludes halogenated alkanes) is 4.